The third kappa shape index (κ3) is 2.40. The molecule has 0 unspecified atom stereocenters. The first-order valence-corrected chi connectivity index (χ1v) is 9.32. The topological polar surface area (TPSA) is 115 Å². The van der Waals surface area contributed by atoms with Crippen molar-refractivity contribution in [2.45, 2.75) is 43.8 Å². The van der Waals surface area contributed by atoms with Crippen molar-refractivity contribution in [1.29, 1.82) is 0 Å². The Kier molecular flexibility index (Phi) is 3.36. The van der Waals surface area contributed by atoms with Crippen molar-refractivity contribution in [3.05, 3.63) is 34.0 Å². The monoisotopic (exact) mass is 372 g/mol. The fourth-order valence-electron chi connectivity index (χ4n) is 3.48. The number of nitrogens with zero attached hydrogens (tertiary/aromatic N) is 5. The van der Waals surface area contributed by atoms with Gasteiger partial charge in [0.25, 0.3) is 0 Å². The van der Waals surface area contributed by atoms with E-state index in [1.165, 1.54) is 6.20 Å². The molecule has 10 heteroatoms. The summed E-state index contributed by atoms with van der Waals surface area (Å²) in [5.74, 6) is -0.972. The minimum Gasteiger partial charge on any atom is -0.477 e. The molecule has 9 nitrogen and oxygen atoms in total. The van der Waals surface area contributed by atoms with Crippen LogP contribution >= 0.6 is 11.3 Å². The third-order valence-electron chi connectivity index (χ3n) is 4.96. The molecule has 3 heterocycles. The van der Waals surface area contributed by atoms with Crippen molar-refractivity contribution >= 4 is 33.7 Å². The van der Waals surface area contributed by atoms with Crippen LogP contribution in [0.25, 0.3) is 11.3 Å². The van der Waals surface area contributed by atoms with Gasteiger partial charge in [-0.1, -0.05) is 11.3 Å². The molecule has 0 aromatic carbocycles. The molecule has 2 saturated carbocycles. The van der Waals surface area contributed by atoms with Crippen LogP contribution < -0.4 is 11.0 Å². The first-order chi connectivity index (χ1) is 12.6. The molecular formula is C16H16N6O3S. The molecule has 3 aromatic heterocycles. The van der Waals surface area contributed by atoms with Gasteiger partial charge in [-0.15, -0.1) is 0 Å². The van der Waals surface area contributed by atoms with E-state index in [1.807, 2.05) is 0 Å². The van der Waals surface area contributed by atoms with Gasteiger partial charge in [-0.25, -0.2) is 24.5 Å². The molecule has 0 spiro atoms. The molecule has 26 heavy (non-hydrogen) atoms. The smallest absolute Gasteiger partial charge is 0.347 e. The summed E-state index contributed by atoms with van der Waals surface area (Å²) in [4.78, 5) is 36.9. The summed E-state index contributed by atoms with van der Waals surface area (Å²) in [6, 6.07) is 0.482. The highest BCUT2D eigenvalue weighted by Crippen LogP contribution is 2.39. The summed E-state index contributed by atoms with van der Waals surface area (Å²) >= 11 is 1.12. The van der Waals surface area contributed by atoms with Gasteiger partial charge >= 0.3 is 11.7 Å². The van der Waals surface area contributed by atoms with Gasteiger partial charge in [0.2, 0.25) is 0 Å². The molecule has 134 valence electrons. The Labute approximate surface area is 151 Å². The van der Waals surface area contributed by atoms with E-state index in [2.05, 4.69) is 20.3 Å². The van der Waals surface area contributed by atoms with E-state index in [1.54, 1.807) is 21.5 Å². The molecule has 5 rings (SSSR count). The molecule has 0 saturated heterocycles. The largest absolute Gasteiger partial charge is 0.477 e. The van der Waals surface area contributed by atoms with Crippen LogP contribution in [0.3, 0.4) is 0 Å². The maximum atomic E-state index is 12.9. The second-order valence-corrected chi connectivity index (χ2v) is 7.79. The van der Waals surface area contributed by atoms with E-state index in [4.69, 9.17) is 5.11 Å². The number of fused-ring (bicyclic) bond motifs is 1. The van der Waals surface area contributed by atoms with Gasteiger partial charge < -0.3 is 10.4 Å². The number of carboxylic acid groups (broad SMARTS) is 1. The Hall–Kier alpha value is -2.75. The second kappa shape index (κ2) is 5.63. The second-order valence-electron chi connectivity index (χ2n) is 6.76. The number of hydrogen-bond donors (Lipinski definition) is 2. The molecular weight excluding hydrogens is 356 g/mol. The lowest BCUT2D eigenvalue weighted by atomic mass is 9.86. The van der Waals surface area contributed by atoms with Gasteiger partial charge in [0.1, 0.15) is 4.88 Å². The van der Waals surface area contributed by atoms with Crippen molar-refractivity contribution in [3.63, 3.8) is 0 Å². The van der Waals surface area contributed by atoms with E-state index < -0.39 is 5.97 Å². The standard InChI is InChI=1S/C16H16N6O3S/c23-14(24)11-7-19-15(26-11)20-8-5-10(6-8)22-13-12(17-3-4-18-13)21(16(22)25)9-1-2-9/h3-4,7-10H,1-2,5-6H2,(H,19,20)(H,23,24). The Balaban J connectivity index is 1.37. The number of rotatable bonds is 5. The first-order valence-electron chi connectivity index (χ1n) is 8.51. The zero-order chi connectivity index (χ0) is 17.8. The maximum absolute atomic E-state index is 12.9. The number of imidazole rings is 1. The highest BCUT2D eigenvalue weighted by atomic mass is 32.1. The SMILES string of the molecule is O=C(O)c1cnc(NC2CC(n3c(=O)n(C4CC4)c4nccnc43)C2)s1. The fraction of sp³-hybridized carbons (Fsp3) is 0.438. The number of aromatic nitrogens is 5. The molecule has 0 amide bonds. The molecule has 0 bridgehead atoms. The van der Waals surface area contributed by atoms with Crippen molar-refractivity contribution in [2.75, 3.05) is 5.32 Å². The van der Waals surface area contributed by atoms with Gasteiger partial charge in [-0.3, -0.25) is 9.13 Å². The minimum absolute atomic E-state index is 0.0282. The van der Waals surface area contributed by atoms with Crippen LogP contribution in [0, 0.1) is 0 Å². The number of anilines is 1. The average molecular weight is 372 g/mol. The van der Waals surface area contributed by atoms with E-state index in [-0.39, 0.29) is 28.7 Å². The molecule has 3 aromatic rings. The Morgan fingerprint density at radius 3 is 2.35 bits per heavy atom. The number of hydrogen-bond acceptors (Lipinski definition) is 7. The summed E-state index contributed by atoms with van der Waals surface area (Å²) in [7, 11) is 0. The zero-order valence-corrected chi connectivity index (χ0v) is 14.5. The van der Waals surface area contributed by atoms with Gasteiger partial charge in [0, 0.05) is 30.5 Å². The summed E-state index contributed by atoms with van der Waals surface area (Å²) in [6.45, 7) is 0. The van der Waals surface area contributed by atoms with Crippen molar-refractivity contribution in [2.24, 2.45) is 0 Å². The normalized spacial score (nSPS) is 22.3. The highest BCUT2D eigenvalue weighted by Gasteiger charge is 2.37. The molecule has 0 radical (unpaired) electrons. The van der Waals surface area contributed by atoms with Crippen LogP contribution in [0.4, 0.5) is 5.13 Å². The molecule has 2 aliphatic carbocycles. The number of carbonyl (C=O) groups is 1. The van der Waals surface area contributed by atoms with Crippen LogP contribution in [-0.2, 0) is 0 Å². The third-order valence-corrected chi connectivity index (χ3v) is 5.88. The van der Waals surface area contributed by atoms with Gasteiger partial charge in [0.05, 0.1) is 6.20 Å². The number of nitrogens with one attached hydrogen (secondary N) is 1. The predicted molar refractivity (Wildman–Crippen MR) is 94.8 cm³/mol. The van der Waals surface area contributed by atoms with Crippen molar-refractivity contribution in [1.82, 2.24) is 24.1 Å². The van der Waals surface area contributed by atoms with Crippen LogP contribution in [0.15, 0.2) is 23.4 Å². The van der Waals surface area contributed by atoms with E-state index in [0.29, 0.717) is 16.4 Å². The Morgan fingerprint density at radius 1 is 1.12 bits per heavy atom. The van der Waals surface area contributed by atoms with Crippen LogP contribution in [0.5, 0.6) is 0 Å². The lowest BCUT2D eigenvalue weighted by molar-refractivity contribution is 0.0702. The molecule has 2 N–H and O–H groups in total. The summed E-state index contributed by atoms with van der Waals surface area (Å²) < 4.78 is 3.55. The van der Waals surface area contributed by atoms with Crippen LogP contribution in [-0.4, -0.2) is 41.2 Å². The average Bonchev–Trinajstić information content (AvgIpc) is 3.22. The molecule has 2 aliphatic rings. The van der Waals surface area contributed by atoms with Crippen LogP contribution in [0.1, 0.15) is 47.4 Å². The van der Waals surface area contributed by atoms with Gasteiger partial charge in [-0.2, -0.15) is 0 Å². The van der Waals surface area contributed by atoms with Gasteiger partial charge in [-0.05, 0) is 25.7 Å². The summed E-state index contributed by atoms with van der Waals surface area (Å²) in [5, 5.41) is 12.8. The molecule has 2 fully saturated rings. The fourth-order valence-corrected chi connectivity index (χ4v) is 4.21. The van der Waals surface area contributed by atoms with Gasteiger partial charge in [0.15, 0.2) is 16.4 Å². The first kappa shape index (κ1) is 15.5. The zero-order valence-electron chi connectivity index (χ0n) is 13.7. The minimum atomic E-state index is -0.972. The van der Waals surface area contributed by atoms with E-state index in [0.717, 1.165) is 37.0 Å². The van der Waals surface area contributed by atoms with E-state index >= 15 is 0 Å². The number of thiazole rings is 1. The number of carboxylic acids is 1. The van der Waals surface area contributed by atoms with E-state index in [9.17, 15) is 9.59 Å². The van der Waals surface area contributed by atoms with Crippen molar-refractivity contribution in [3.8, 4) is 0 Å². The van der Waals surface area contributed by atoms with Crippen LogP contribution in [0.2, 0.25) is 0 Å². The highest BCUT2D eigenvalue weighted by molar-refractivity contribution is 7.17. The quantitative estimate of drug-likeness (QED) is 0.703. The maximum Gasteiger partial charge on any atom is 0.347 e. The summed E-state index contributed by atoms with van der Waals surface area (Å²) in [5.41, 5.74) is 1.29. The molecule has 0 atom stereocenters. The lowest BCUT2D eigenvalue weighted by Gasteiger charge is -2.36. The summed E-state index contributed by atoms with van der Waals surface area (Å²) in [6.07, 6.45) is 8.16. The Bertz CT molecular complexity index is 1060. The van der Waals surface area contributed by atoms with Crippen molar-refractivity contribution < 1.29 is 9.90 Å². The Morgan fingerprint density at radius 2 is 1.77 bits per heavy atom. The number of aromatic carboxylic acids is 1. The predicted octanol–water partition coefficient (Wildman–Crippen LogP) is 1.90. The molecule has 0 aliphatic heterocycles. The lowest BCUT2D eigenvalue weighted by Crippen LogP contribution is -2.41.